The third kappa shape index (κ3) is 2.66. The fourth-order valence-corrected chi connectivity index (χ4v) is 1.84. The predicted molar refractivity (Wildman–Crippen MR) is 69.2 cm³/mol. The first kappa shape index (κ1) is 12.1. The normalized spacial score (nSPS) is 10.1. The maximum absolute atomic E-state index is 9.13. The topological polar surface area (TPSA) is 77.4 Å². The number of hydrogen-bond acceptors (Lipinski definition) is 4. The van der Waals surface area contributed by atoms with E-state index in [0.29, 0.717) is 17.9 Å². The fraction of sp³-hybridized carbons (Fsp3) is 0.308. The van der Waals surface area contributed by atoms with Gasteiger partial charge in [0.2, 0.25) is 0 Å². The number of nitrogens with zero attached hydrogens (tertiary/aromatic N) is 3. The second-order valence-electron chi connectivity index (χ2n) is 4.17. The first-order chi connectivity index (χ1) is 8.70. The maximum Gasteiger partial charge on any atom is 0.144 e. The van der Waals surface area contributed by atoms with Crippen LogP contribution in [0.5, 0.6) is 0 Å². The quantitative estimate of drug-likeness (QED) is 0.857. The Kier molecular flexibility index (Phi) is 3.58. The average molecular weight is 241 g/mol. The molecule has 0 bridgehead atoms. The molecule has 0 aliphatic carbocycles. The average Bonchev–Trinajstić information content (AvgIpc) is 2.81. The summed E-state index contributed by atoms with van der Waals surface area (Å²) in [5.41, 5.74) is 3.54. The van der Waals surface area contributed by atoms with Gasteiger partial charge in [0.1, 0.15) is 11.9 Å². The van der Waals surface area contributed by atoms with Crippen molar-refractivity contribution < 1.29 is 0 Å². The minimum Gasteiger partial charge on any atom is -0.369 e. The number of anilines is 1. The Morgan fingerprint density at radius 3 is 2.94 bits per heavy atom. The molecular weight excluding hydrogens is 226 g/mol. The van der Waals surface area contributed by atoms with Crippen LogP contribution in [-0.4, -0.2) is 21.5 Å². The second-order valence-corrected chi connectivity index (χ2v) is 4.17. The molecule has 0 aromatic carbocycles. The van der Waals surface area contributed by atoms with Crippen LogP contribution in [0.15, 0.2) is 18.6 Å². The summed E-state index contributed by atoms with van der Waals surface area (Å²) in [5.74, 6) is 0.662. The van der Waals surface area contributed by atoms with Crippen molar-refractivity contribution in [3.63, 3.8) is 0 Å². The van der Waals surface area contributed by atoms with E-state index in [0.717, 1.165) is 23.4 Å². The zero-order valence-corrected chi connectivity index (χ0v) is 10.5. The van der Waals surface area contributed by atoms with Crippen LogP contribution < -0.4 is 5.32 Å². The zero-order valence-electron chi connectivity index (χ0n) is 10.5. The summed E-state index contributed by atoms with van der Waals surface area (Å²) >= 11 is 0. The highest BCUT2D eigenvalue weighted by Gasteiger charge is 2.07. The molecule has 2 N–H and O–H groups in total. The largest absolute Gasteiger partial charge is 0.369 e. The third-order valence-electron chi connectivity index (χ3n) is 2.70. The monoisotopic (exact) mass is 241 g/mol. The van der Waals surface area contributed by atoms with Crippen molar-refractivity contribution in [3.8, 4) is 6.07 Å². The van der Waals surface area contributed by atoms with E-state index in [1.54, 1.807) is 12.5 Å². The molecular formula is C13H15N5. The van der Waals surface area contributed by atoms with E-state index in [1.807, 2.05) is 19.9 Å². The van der Waals surface area contributed by atoms with Gasteiger partial charge in [0.05, 0.1) is 11.9 Å². The summed E-state index contributed by atoms with van der Waals surface area (Å²) in [7, 11) is 0. The van der Waals surface area contributed by atoms with Gasteiger partial charge in [-0.05, 0) is 25.5 Å². The Bertz CT molecular complexity index is 566. The van der Waals surface area contributed by atoms with Crippen LogP contribution in [0.1, 0.15) is 22.5 Å². The summed E-state index contributed by atoms with van der Waals surface area (Å²) in [5, 5.41) is 12.3. The van der Waals surface area contributed by atoms with Crippen LogP contribution >= 0.6 is 0 Å². The maximum atomic E-state index is 9.13. The van der Waals surface area contributed by atoms with Gasteiger partial charge in [0.25, 0.3) is 0 Å². The van der Waals surface area contributed by atoms with Crippen molar-refractivity contribution in [1.82, 2.24) is 15.0 Å². The lowest BCUT2D eigenvalue weighted by molar-refractivity contribution is 0.962. The van der Waals surface area contributed by atoms with E-state index in [-0.39, 0.29) is 0 Å². The Morgan fingerprint density at radius 2 is 2.28 bits per heavy atom. The van der Waals surface area contributed by atoms with Gasteiger partial charge in [-0.25, -0.2) is 9.97 Å². The standard InChI is InChI=1S/C13H15N5/c1-9-5-10(2)18-13(12(9)6-14)16-4-3-11-7-15-8-17-11/h5,7-8H,3-4H2,1-2H3,(H,15,17)(H,16,18). The lowest BCUT2D eigenvalue weighted by Crippen LogP contribution is -2.09. The van der Waals surface area contributed by atoms with E-state index < -0.39 is 0 Å². The summed E-state index contributed by atoms with van der Waals surface area (Å²) in [6, 6.07) is 4.10. The fourth-order valence-electron chi connectivity index (χ4n) is 1.84. The van der Waals surface area contributed by atoms with E-state index in [9.17, 15) is 0 Å². The number of aromatic nitrogens is 3. The molecule has 0 unspecified atom stereocenters. The molecule has 0 amide bonds. The molecule has 0 saturated carbocycles. The molecule has 0 atom stereocenters. The van der Waals surface area contributed by atoms with Gasteiger partial charge in [-0.2, -0.15) is 5.26 Å². The number of H-pyrrole nitrogens is 1. The molecule has 0 spiro atoms. The number of imidazole rings is 1. The Balaban J connectivity index is 2.07. The number of aryl methyl sites for hydroxylation is 2. The summed E-state index contributed by atoms with van der Waals surface area (Å²) < 4.78 is 0. The van der Waals surface area contributed by atoms with Crippen LogP contribution in [-0.2, 0) is 6.42 Å². The van der Waals surface area contributed by atoms with E-state index in [4.69, 9.17) is 5.26 Å². The van der Waals surface area contributed by atoms with E-state index in [2.05, 4.69) is 26.3 Å². The number of hydrogen-bond donors (Lipinski definition) is 2. The van der Waals surface area contributed by atoms with Gasteiger partial charge in [0.15, 0.2) is 0 Å². The number of pyridine rings is 1. The van der Waals surface area contributed by atoms with Crippen molar-refractivity contribution in [1.29, 1.82) is 5.26 Å². The van der Waals surface area contributed by atoms with Crippen molar-refractivity contribution in [2.75, 3.05) is 11.9 Å². The smallest absolute Gasteiger partial charge is 0.144 e. The zero-order chi connectivity index (χ0) is 13.0. The molecule has 2 heterocycles. The highest BCUT2D eigenvalue weighted by Crippen LogP contribution is 2.17. The molecule has 92 valence electrons. The molecule has 0 aliphatic rings. The molecule has 0 saturated heterocycles. The minimum atomic E-state index is 0.616. The highest BCUT2D eigenvalue weighted by molar-refractivity contribution is 5.56. The molecule has 0 radical (unpaired) electrons. The molecule has 2 aromatic rings. The van der Waals surface area contributed by atoms with Crippen LogP contribution in [0.3, 0.4) is 0 Å². The lowest BCUT2D eigenvalue weighted by Gasteiger charge is -2.09. The molecule has 2 rings (SSSR count). The SMILES string of the molecule is Cc1cc(C)c(C#N)c(NCCc2cnc[nH]2)n1. The minimum absolute atomic E-state index is 0.616. The molecule has 0 aliphatic heterocycles. The predicted octanol–water partition coefficient (Wildman–Crippen LogP) is 1.95. The second kappa shape index (κ2) is 5.32. The van der Waals surface area contributed by atoms with Gasteiger partial charge >= 0.3 is 0 Å². The summed E-state index contributed by atoms with van der Waals surface area (Å²) in [6.07, 6.45) is 4.27. The number of nitrogens with one attached hydrogen (secondary N) is 2. The van der Waals surface area contributed by atoms with Gasteiger partial charge in [-0.1, -0.05) is 0 Å². The Hall–Kier alpha value is -2.35. The van der Waals surface area contributed by atoms with Crippen LogP contribution in [0, 0.1) is 25.2 Å². The van der Waals surface area contributed by atoms with E-state index in [1.165, 1.54) is 0 Å². The summed E-state index contributed by atoms with van der Waals surface area (Å²) in [4.78, 5) is 11.4. The van der Waals surface area contributed by atoms with Crippen molar-refractivity contribution in [2.24, 2.45) is 0 Å². The first-order valence-electron chi connectivity index (χ1n) is 5.80. The van der Waals surface area contributed by atoms with Gasteiger partial charge in [0, 0.05) is 30.6 Å². The van der Waals surface area contributed by atoms with Gasteiger partial charge < -0.3 is 10.3 Å². The molecule has 0 fully saturated rings. The van der Waals surface area contributed by atoms with Crippen molar-refractivity contribution in [2.45, 2.75) is 20.3 Å². The number of aromatic amines is 1. The van der Waals surface area contributed by atoms with Crippen LogP contribution in [0.4, 0.5) is 5.82 Å². The Morgan fingerprint density at radius 1 is 1.44 bits per heavy atom. The molecule has 18 heavy (non-hydrogen) atoms. The molecule has 2 aromatic heterocycles. The molecule has 5 heteroatoms. The number of rotatable bonds is 4. The van der Waals surface area contributed by atoms with Crippen molar-refractivity contribution >= 4 is 5.82 Å². The van der Waals surface area contributed by atoms with Crippen LogP contribution in [0.2, 0.25) is 0 Å². The van der Waals surface area contributed by atoms with Gasteiger partial charge in [-0.3, -0.25) is 0 Å². The van der Waals surface area contributed by atoms with Gasteiger partial charge in [-0.15, -0.1) is 0 Å². The first-order valence-corrected chi connectivity index (χ1v) is 5.80. The van der Waals surface area contributed by atoms with E-state index >= 15 is 0 Å². The van der Waals surface area contributed by atoms with Crippen LogP contribution in [0.25, 0.3) is 0 Å². The molecule has 5 nitrogen and oxygen atoms in total. The summed E-state index contributed by atoms with van der Waals surface area (Å²) in [6.45, 7) is 4.56. The number of nitriles is 1. The van der Waals surface area contributed by atoms with Crippen molar-refractivity contribution in [3.05, 3.63) is 41.1 Å². The highest BCUT2D eigenvalue weighted by atomic mass is 15.0. The lowest BCUT2D eigenvalue weighted by atomic mass is 10.1. The third-order valence-corrected chi connectivity index (χ3v) is 2.70. The Labute approximate surface area is 106 Å².